The molecule has 0 bridgehead atoms. The zero-order chi connectivity index (χ0) is 19.3. The van der Waals surface area contributed by atoms with Crippen molar-refractivity contribution >= 4 is 21.6 Å². The van der Waals surface area contributed by atoms with Gasteiger partial charge in [0.1, 0.15) is 5.76 Å². The monoisotopic (exact) mass is 384 g/mol. The van der Waals surface area contributed by atoms with Gasteiger partial charge in [0.15, 0.2) is 0 Å². The Kier molecular flexibility index (Phi) is 5.61. The number of anilines is 1. The third kappa shape index (κ3) is 4.20. The summed E-state index contributed by atoms with van der Waals surface area (Å²) in [4.78, 5) is 12.4. The van der Waals surface area contributed by atoms with Gasteiger partial charge in [-0.2, -0.15) is 0 Å². The van der Waals surface area contributed by atoms with E-state index in [0.29, 0.717) is 11.4 Å². The lowest BCUT2D eigenvalue weighted by Gasteiger charge is -2.23. The average Bonchev–Trinajstić information content (AvgIpc) is 3.21. The Balaban J connectivity index is 1.84. The van der Waals surface area contributed by atoms with Gasteiger partial charge in [0.25, 0.3) is 15.9 Å². The third-order valence-corrected chi connectivity index (χ3v) is 5.92. The fraction of sp³-hybridized carbons (Fsp3) is 0.150. The lowest BCUT2D eigenvalue weighted by molar-refractivity contribution is 0.0948. The molecule has 3 rings (SSSR count). The molecule has 0 spiro atoms. The van der Waals surface area contributed by atoms with Crippen LogP contribution in [-0.4, -0.2) is 20.9 Å². The topological polar surface area (TPSA) is 79.6 Å². The van der Waals surface area contributed by atoms with Crippen LogP contribution >= 0.6 is 0 Å². The van der Waals surface area contributed by atoms with E-state index in [1.807, 2.05) is 6.07 Å². The molecule has 1 N–H and O–H groups in total. The summed E-state index contributed by atoms with van der Waals surface area (Å²) in [5.74, 6) is 0.250. The molecule has 6 nitrogen and oxygen atoms in total. The van der Waals surface area contributed by atoms with Crippen molar-refractivity contribution in [1.29, 1.82) is 0 Å². The van der Waals surface area contributed by atoms with Gasteiger partial charge in [0.2, 0.25) is 0 Å². The number of nitrogens with one attached hydrogen (secondary N) is 1. The lowest BCUT2D eigenvalue weighted by atomic mass is 10.2. The number of nitrogens with zero attached hydrogens (tertiary/aromatic N) is 1. The van der Waals surface area contributed by atoms with Gasteiger partial charge in [0, 0.05) is 12.1 Å². The maximum Gasteiger partial charge on any atom is 0.264 e. The molecule has 7 heteroatoms. The van der Waals surface area contributed by atoms with Crippen LogP contribution in [0.4, 0.5) is 5.69 Å². The molecule has 0 aliphatic carbocycles. The zero-order valence-electron chi connectivity index (χ0n) is 14.8. The minimum Gasteiger partial charge on any atom is -0.467 e. The van der Waals surface area contributed by atoms with E-state index >= 15 is 0 Å². The number of para-hydroxylation sites is 1. The Hall–Kier alpha value is -3.06. The Labute approximate surface area is 158 Å². The van der Waals surface area contributed by atoms with Gasteiger partial charge in [-0.3, -0.25) is 9.10 Å². The van der Waals surface area contributed by atoms with E-state index < -0.39 is 10.0 Å². The van der Waals surface area contributed by atoms with Gasteiger partial charge in [0.05, 0.1) is 23.4 Å². The quantitative estimate of drug-likeness (QED) is 0.677. The van der Waals surface area contributed by atoms with E-state index in [0.717, 1.165) is 0 Å². The van der Waals surface area contributed by atoms with Crippen LogP contribution < -0.4 is 9.62 Å². The van der Waals surface area contributed by atoms with Gasteiger partial charge in [-0.15, -0.1) is 0 Å². The maximum absolute atomic E-state index is 13.1. The Morgan fingerprint density at radius 1 is 1.04 bits per heavy atom. The maximum atomic E-state index is 13.1. The number of sulfonamides is 1. The number of benzene rings is 2. The van der Waals surface area contributed by atoms with Crippen LogP contribution in [0.3, 0.4) is 0 Å². The summed E-state index contributed by atoms with van der Waals surface area (Å²) in [6.45, 7) is 2.28. The summed E-state index contributed by atoms with van der Waals surface area (Å²) in [5.41, 5.74) is 0.847. The normalized spacial score (nSPS) is 11.1. The van der Waals surface area contributed by atoms with Crippen LogP contribution in [0.2, 0.25) is 0 Å². The molecule has 3 aromatic rings. The predicted molar refractivity (Wildman–Crippen MR) is 103 cm³/mol. The molecule has 140 valence electrons. The Bertz CT molecular complexity index is 999. The molecule has 0 aliphatic rings. The third-order valence-electron chi connectivity index (χ3n) is 4.02. The van der Waals surface area contributed by atoms with Crippen LogP contribution in [0.1, 0.15) is 23.0 Å². The predicted octanol–water partition coefficient (Wildman–Crippen LogP) is 3.42. The second-order valence-electron chi connectivity index (χ2n) is 5.80. The lowest BCUT2D eigenvalue weighted by Crippen LogP contribution is -2.31. The Morgan fingerprint density at radius 2 is 1.81 bits per heavy atom. The van der Waals surface area contributed by atoms with E-state index in [9.17, 15) is 13.2 Å². The van der Waals surface area contributed by atoms with E-state index in [1.165, 1.54) is 22.7 Å². The van der Waals surface area contributed by atoms with E-state index in [4.69, 9.17) is 4.42 Å². The van der Waals surface area contributed by atoms with Gasteiger partial charge in [-0.05, 0) is 49.4 Å². The first-order valence-electron chi connectivity index (χ1n) is 8.51. The highest BCUT2D eigenvalue weighted by Crippen LogP contribution is 2.23. The van der Waals surface area contributed by atoms with Gasteiger partial charge >= 0.3 is 0 Å². The highest BCUT2D eigenvalue weighted by molar-refractivity contribution is 7.92. The fourth-order valence-corrected chi connectivity index (χ4v) is 4.21. The van der Waals surface area contributed by atoms with E-state index in [1.54, 1.807) is 55.5 Å². The summed E-state index contributed by atoms with van der Waals surface area (Å²) in [6, 6.07) is 18.4. The summed E-state index contributed by atoms with van der Waals surface area (Å²) in [7, 11) is -3.78. The summed E-state index contributed by atoms with van der Waals surface area (Å²) < 4.78 is 32.6. The van der Waals surface area contributed by atoms with Crippen molar-refractivity contribution in [1.82, 2.24) is 5.32 Å². The zero-order valence-corrected chi connectivity index (χ0v) is 15.6. The fourth-order valence-electron chi connectivity index (χ4n) is 2.69. The van der Waals surface area contributed by atoms with Crippen LogP contribution in [0.15, 0.2) is 82.3 Å². The van der Waals surface area contributed by atoms with E-state index in [2.05, 4.69) is 5.32 Å². The van der Waals surface area contributed by atoms with Gasteiger partial charge < -0.3 is 9.73 Å². The molecule has 1 amide bonds. The number of carbonyl (C=O) groups is 1. The molecular formula is C20H20N2O4S. The number of hydrogen-bond acceptors (Lipinski definition) is 4. The second-order valence-corrected chi connectivity index (χ2v) is 7.66. The van der Waals surface area contributed by atoms with Crippen LogP contribution in [0.5, 0.6) is 0 Å². The molecule has 0 saturated carbocycles. The van der Waals surface area contributed by atoms with Crippen molar-refractivity contribution in [2.75, 3.05) is 10.8 Å². The van der Waals surface area contributed by atoms with Crippen molar-refractivity contribution in [3.63, 3.8) is 0 Å². The van der Waals surface area contributed by atoms with Gasteiger partial charge in [-0.1, -0.05) is 24.3 Å². The average molecular weight is 384 g/mol. The molecule has 0 radical (unpaired) electrons. The number of hydrogen-bond donors (Lipinski definition) is 1. The molecule has 0 atom stereocenters. The van der Waals surface area contributed by atoms with Gasteiger partial charge in [-0.25, -0.2) is 8.42 Å². The molecule has 0 unspecified atom stereocenters. The summed E-state index contributed by atoms with van der Waals surface area (Å²) >= 11 is 0. The molecule has 0 fully saturated rings. The van der Waals surface area contributed by atoms with Crippen molar-refractivity contribution in [2.24, 2.45) is 0 Å². The van der Waals surface area contributed by atoms with Crippen LogP contribution in [-0.2, 0) is 16.6 Å². The second kappa shape index (κ2) is 8.09. The highest BCUT2D eigenvalue weighted by Gasteiger charge is 2.24. The standard InChI is InChI=1S/C20H20N2O4S/c1-2-22(17-9-4-3-5-10-17)27(24,25)19-12-6-8-16(14-19)20(23)21-15-18-11-7-13-26-18/h3-14H,2,15H2,1H3,(H,21,23). The molecular weight excluding hydrogens is 364 g/mol. The molecule has 1 heterocycles. The number of amides is 1. The first-order valence-corrected chi connectivity index (χ1v) is 9.95. The van der Waals surface area contributed by atoms with Crippen molar-refractivity contribution in [2.45, 2.75) is 18.4 Å². The largest absolute Gasteiger partial charge is 0.467 e. The molecule has 1 aromatic heterocycles. The van der Waals surface area contributed by atoms with E-state index in [-0.39, 0.29) is 29.5 Å². The first-order chi connectivity index (χ1) is 13.0. The number of rotatable bonds is 7. The van der Waals surface area contributed by atoms with Crippen molar-refractivity contribution < 1.29 is 17.6 Å². The molecule has 2 aromatic carbocycles. The van der Waals surface area contributed by atoms with Crippen LogP contribution in [0, 0.1) is 0 Å². The summed E-state index contributed by atoms with van der Waals surface area (Å²) in [5, 5.41) is 2.71. The summed E-state index contributed by atoms with van der Waals surface area (Å²) in [6.07, 6.45) is 1.53. The molecule has 0 saturated heterocycles. The Morgan fingerprint density at radius 3 is 2.48 bits per heavy atom. The molecule has 27 heavy (non-hydrogen) atoms. The van der Waals surface area contributed by atoms with Crippen molar-refractivity contribution in [3.05, 3.63) is 84.3 Å². The first kappa shape index (κ1) is 18.7. The molecule has 0 aliphatic heterocycles. The van der Waals surface area contributed by atoms with Crippen LogP contribution in [0.25, 0.3) is 0 Å². The minimum atomic E-state index is -3.78. The number of furan rings is 1. The highest BCUT2D eigenvalue weighted by atomic mass is 32.2. The smallest absolute Gasteiger partial charge is 0.264 e. The SMILES string of the molecule is CCN(c1ccccc1)S(=O)(=O)c1cccc(C(=O)NCc2ccco2)c1. The number of carbonyl (C=O) groups excluding carboxylic acids is 1. The minimum absolute atomic E-state index is 0.0684. The van der Waals surface area contributed by atoms with Crippen molar-refractivity contribution in [3.8, 4) is 0 Å².